The SMILES string of the molecule is CC(=O)OC1CC2C3CCC4CC5NCC(O5)C4(C)C3CCC2(C)C1. The maximum absolute atomic E-state index is 11.5. The van der Waals surface area contributed by atoms with Gasteiger partial charge in [0.25, 0.3) is 0 Å². The summed E-state index contributed by atoms with van der Waals surface area (Å²) in [5.74, 6) is 3.01. The van der Waals surface area contributed by atoms with E-state index in [1.165, 1.54) is 32.1 Å². The number of fused-ring (bicyclic) bond motifs is 8. The van der Waals surface area contributed by atoms with Gasteiger partial charge in [0.15, 0.2) is 0 Å². The fraction of sp³-hybridized carbons (Fsp3) is 0.952. The van der Waals surface area contributed by atoms with E-state index in [4.69, 9.17) is 9.47 Å². The number of esters is 1. The lowest BCUT2D eigenvalue weighted by Gasteiger charge is -2.61. The third-order valence-corrected chi connectivity index (χ3v) is 9.08. The van der Waals surface area contributed by atoms with Gasteiger partial charge in [-0.25, -0.2) is 0 Å². The first-order chi connectivity index (χ1) is 11.9. The van der Waals surface area contributed by atoms with Crippen molar-refractivity contribution in [2.45, 2.75) is 84.2 Å². The van der Waals surface area contributed by atoms with Crippen LogP contribution in [0.4, 0.5) is 0 Å². The van der Waals surface area contributed by atoms with Gasteiger partial charge in [0.2, 0.25) is 0 Å². The van der Waals surface area contributed by atoms with Gasteiger partial charge in [-0.15, -0.1) is 0 Å². The minimum absolute atomic E-state index is 0.108. The molecule has 0 aromatic carbocycles. The normalized spacial score (nSPS) is 56.7. The third-order valence-electron chi connectivity index (χ3n) is 9.08. The molecule has 4 nitrogen and oxygen atoms in total. The number of nitrogens with one attached hydrogen (secondary N) is 1. The van der Waals surface area contributed by atoms with Crippen molar-refractivity contribution in [2.24, 2.45) is 34.5 Å². The molecule has 0 aromatic rings. The molecule has 5 fully saturated rings. The predicted octanol–water partition coefficient (Wildman–Crippen LogP) is 3.50. The van der Waals surface area contributed by atoms with Crippen molar-refractivity contribution in [3.63, 3.8) is 0 Å². The Morgan fingerprint density at radius 3 is 2.80 bits per heavy atom. The lowest BCUT2D eigenvalue weighted by atomic mass is 9.46. The van der Waals surface area contributed by atoms with Gasteiger partial charge in [-0.2, -0.15) is 0 Å². The van der Waals surface area contributed by atoms with Crippen LogP contribution in [0, 0.1) is 34.5 Å². The fourth-order valence-corrected chi connectivity index (χ4v) is 7.96. The van der Waals surface area contributed by atoms with E-state index >= 15 is 0 Å². The minimum Gasteiger partial charge on any atom is -0.463 e. The maximum atomic E-state index is 11.5. The summed E-state index contributed by atoms with van der Waals surface area (Å²) in [5.41, 5.74) is 0.709. The zero-order valence-corrected chi connectivity index (χ0v) is 15.9. The van der Waals surface area contributed by atoms with Crippen LogP contribution in [0.25, 0.3) is 0 Å². The first kappa shape index (κ1) is 16.6. The largest absolute Gasteiger partial charge is 0.463 e. The number of hydrogen-bond acceptors (Lipinski definition) is 4. The summed E-state index contributed by atoms with van der Waals surface area (Å²) >= 11 is 0. The zero-order chi connectivity index (χ0) is 17.4. The molecule has 3 aliphatic carbocycles. The molecule has 2 aliphatic heterocycles. The van der Waals surface area contributed by atoms with Gasteiger partial charge >= 0.3 is 5.97 Å². The Labute approximate surface area is 151 Å². The average Bonchev–Trinajstić information content (AvgIpc) is 3.10. The molecule has 2 bridgehead atoms. The highest BCUT2D eigenvalue weighted by atomic mass is 16.5. The molecule has 3 saturated carbocycles. The van der Waals surface area contributed by atoms with E-state index in [1.807, 2.05) is 0 Å². The number of rotatable bonds is 1. The second kappa shape index (κ2) is 5.45. The van der Waals surface area contributed by atoms with Gasteiger partial charge in [0.05, 0.1) is 6.10 Å². The maximum Gasteiger partial charge on any atom is 0.302 e. The molecule has 0 spiro atoms. The van der Waals surface area contributed by atoms with Crippen LogP contribution in [-0.4, -0.2) is 30.9 Å². The van der Waals surface area contributed by atoms with Gasteiger partial charge in [-0.1, -0.05) is 13.8 Å². The van der Waals surface area contributed by atoms with Crippen molar-refractivity contribution in [3.05, 3.63) is 0 Å². The van der Waals surface area contributed by atoms with E-state index in [0.29, 0.717) is 23.2 Å². The van der Waals surface area contributed by atoms with Crippen molar-refractivity contribution in [3.8, 4) is 0 Å². The van der Waals surface area contributed by atoms with Crippen LogP contribution in [-0.2, 0) is 14.3 Å². The second-order valence-electron chi connectivity index (χ2n) is 10.1. The third kappa shape index (κ3) is 2.29. The fourth-order valence-electron chi connectivity index (χ4n) is 7.96. The molecule has 5 aliphatic rings. The summed E-state index contributed by atoms with van der Waals surface area (Å²) in [6.45, 7) is 7.61. The highest BCUT2D eigenvalue weighted by Gasteiger charge is 2.63. The summed E-state index contributed by atoms with van der Waals surface area (Å²) in [4.78, 5) is 11.5. The highest BCUT2D eigenvalue weighted by molar-refractivity contribution is 5.66. The molecule has 5 rings (SSSR count). The minimum atomic E-state index is -0.108. The van der Waals surface area contributed by atoms with Crippen LogP contribution in [0.5, 0.6) is 0 Å². The van der Waals surface area contributed by atoms with Gasteiger partial charge in [0.1, 0.15) is 12.3 Å². The van der Waals surface area contributed by atoms with Gasteiger partial charge in [-0.05, 0) is 74.0 Å². The summed E-state index contributed by atoms with van der Waals surface area (Å²) < 4.78 is 12.0. The Hall–Kier alpha value is -0.610. The topological polar surface area (TPSA) is 47.6 Å². The average molecular weight is 347 g/mol. The summed E-state index contributed by atoms with van der Waals surface area (Å²) in [6, 6.07) is 0. The van der Waals surface area contributed by atoms with Gasteiger partial charge < -0.3 is 9.47 Å². The summed E-state index contributed by atoms with van der Waals surface area (Å²) in [7, 11) is 0. The van der Waals surface area contributed by atoms with Gasteiger partial charge in [-0.3, -0.25) is 10.1 Å². The van der Waals surface area contributed by atoms with E-state index in [9.17, 15) is 4.79 Å². The van der Waals surface area contributed by atoms with Crippen molar-refractivity contribution >= 4 is 5.97 Å². The Bertz CT molecular complexity index is 579. The zero-order valence-electron chi connectivity index (χ0n) is 15.9. The quantitative estimate of drug-likeness (QED) is 0.738. The van der Waals surface area contributed by atoms with E-state index < -0.39 is 0 Å². The predicted molar refractivity (Wildman–Crippen MR) is 94.7 cm³/mol. The standard InChI is InChI=1S/C21H33NO3/c1-12(23)24-14-9-17-15-5-4-13-8-19-22-11-18(25-19)21(13,3)16(15)6-7-20(17,2)10-14/h13-19,22H,4-11H2,1-3H3. The Kier molecular flexibility index (Phi) is 3.61. The molecule has 0 radical (unpaired) electrons. The first-order valence-electron chi connectivity index (χ1n) is 10.5. The lowest BCUT2D eigenvalue weighted by Crippen LogP contribution is -2.58. The molecule has 9 atom stereocenters. The van der Waals surface area contributed by atoms with Crippen LogP contribution in [0.1, 0.15) is 65.7 Å². The number of hydrogen-bond donors (Lipinski definition) is 1. The Morgan fingerprint density at radius 2 is 2.00 bits per heavy atom. The molecule has 0 amide bonds. The second-order valence-corrected chi connectivity index (χ2v) is 10.1. The molecule has 0 aromatic heterocycles. The molecule has 140 valence electrons. The molecule has 9 unspecified atom stereocenters. The van der Waals surface area contributed by atoms with E-state index in [-0.39, 0.29) is 12.1 Å². The van der Waals surface area contributed by atoms with Crippen LogP contribution < -0.4 is 5.32 Å². The van der Waals surface area contributed by atoms with Crippen molar-refractivity contribution in [2.75, 3.05) is 6.54 Å². The smallest absolute Gasteiger partial charge is 0.302 e. The Balaban J connectivity index is 1.43. The summed E-state index contributed by atoms with van der Waals surface area (Å²) in [5, 5.41) is 3.60. The van der Waals surface area contributed by atoms with Crippen molar-refractivity contribution in [1.29, 1.82) is 0 Å². The van der Waals surface area contributed by atoms with E-state index in [2.05, 4.69) is 19.2 Å². The monoisotopic (exact) mass is 347 g/mol. The molecule has 1 N–H and O–H groups in total. The molecule has 25 heavy (non-hydrogen) atoms. The Morgan fingerprint density at radius 1 is 1.16 bits per heavy atom. The van der Waals surface area contributed by atoms with Crippen LogP contribution in [0.3, 0.4) is 0 Å². The molecule has 4 heteroatoms. The first-order valence-corrected chi connectivity index (χ1v) is 10.5. The molecule has 2 saturated heterocycles. The van der Waals surface area contributed by atoms with Crippen molar-refractivity contribution < 1.29 is 14.3 Å². The number of carbonyl (C=O) groups is 1. The van der Waals surface area contributed by atoms with Gasteiger partial charge in [0, 0.05) is 18.9 Å². The number of ether oxygens (including phenoxy) is 2. The van der Waals surface area contributed by atoms with Crippen molar-refractivity contribution in [1.82, 2.24) is 5.32 Å². The lowest BCUT2D eigenvalue weighted by molar-refractivity contribution is -0.190. The molecular weight excluding hydrogens is 314 g/mol. The summed E-state index contributed by atoms with van der Waals surface area (Å²) in [6.07, 6.45) is 9.59. The van der Waals surface area contributed by atoms with E-state index in [0.717, 1.165) is 43.1 Å². The van der Waals surface area contributed by atoms with Crippen LogP contribution in [0.2, 0.25) is 0 Å². The van der Waals surface area contributed by atoms with E-state index in [1.54, 1.807) is 6.92 Å². The highest BCUT2D eigenvalue weighted by Crippen LogP contribution is 2.66. The molecule has 2 heterocycles. The number of carbonyl (C=O) groups excluding carboxylic acids is 1. The molecular formula is C21H33NO3. The van der Waals surface area contributed by atoms with Crippen LogP contribution >= 0.6 is 0 Å². The van der Waals surface area contributed by atoms with Crippen LogP contribution in [0.15, 0.2) is 0 Å².